The van der Waals surface area contributed by atoms with Crippen molar-refractivity contribution in [3.8, 4) is 22.7 Å². The number of fused-ring (bicyclic) bond motifs is 3. The van der Waals surface area contributed by atoms with Crippen molar-refractivity contribution in [2.24, 2.45) is 0 Å². The molecule has 4 heterocycles. The van der Waals surface area contributed by atoms with Crippen LogP contribution in [0.15, 0.2) is 47.3 Å². The van der Waals surface area contributed by atoms with E-state index in [1.807, 2.05) is 36.9 Å². The normalized spacial score (nSPS) is 19.3. The van der Waals surface area contributed by atoms with E-state index in [-0.39, 0.29) is 29.0 Å². The van der Waals surface area contributed by atoms with Gasteiger partial charge in [0.1, 0.15) is 23.1 Å². The zero-order chi connectivity index (χ0) is 25.1. The molecule has 2 atom stereocenters. The third kappa shape index (κ3) is 3.53. The van der Waals surface area contributed by atoms with E-state index in [2.05, 4.69) is 15.3 Å². The van der Waals surface area contributed by atoms with Crippen molar-refractivity contribution in [2.45, 2.75) is 38.8 Å². The van der Waals surface area contributed by atoms with Crippen molar-refractivity contribution >= 4 is 16.9 Å². The molecule has 0 spiro atoms. The van der Waals surface area contributed by atoms with Crippen LogP contribution >= 0.6 is 0 Å². The summed E-state index contributed by atoms with van der Waals surface area (Å²) in [6.45, 7) is 5.02. The molecule has 2 N–H and O–H groups in total. The number of hydrogen-bond acceptors (Lipinski definition) is 6. The highest BCUT2D eigenvalue weighted by molar-refractivity contribution is 5.91. The Morgan fingerprint density at radius 1 is 0.972 bits per heavy atom. The fourth-order valence-corrected chi connectivity index (χ4v) is 5.60. The number of aromatic hydroxyl groups is 1. The van der Waals surface area contributed by atoms with Crippen LogP contribution in [0.2, 0.25) is 0 Å². The number of aryl methyl sites for hydroxylation is 2. The number of para-hydroxylation sites is 1. The molecule has 184 valence electrons. The topological polar surface area (TPSA) is 83.3 Å². The lowest BCUT2D eigenvalue weighted by atomic mass is 10.1. The Morgan fingerprint density at radius 2 is 1.64 bits per heavy atom. The standard InChI is InChI=1S/C27H25F2N5O2/c1-14-5-3-6-15(2)24(14)34-26-18(11-20(29)23(31-26)22-19(28)7-4-8-21(22)35)25(32-27(34)36)33-12-16-9-10-17(13-33)30-16/h3-8,11,16-17,30,35H,9-10,12-13H2,1-2H3. The Hall–Kier alpha value is -3.85. The molecule has 0 saturated carbocycles. The molecule has 2 aliphatic rings. The van der Waals surface area contributed by atoms with E-state index < -0.39 is 23.1 Å². The number of nitrogens with one attached hydrogen (secondary N) is 1. The molecule has 9 heteroatoms. The quantitative estimate of drug-likeness (QED) is 0.453. The van der Waals surface area contributed by atoms with Gasteiger partial charge >= 0.3 is 5.69 Å². The van der Waals surface area contributed by atoms with Crippen LogP contribution in [0.3, 0.4) is 0 Å². The molecule has 2 fully saturated rings. The SMILES string of the molecule is Cc1cccc(C)c1-n1c(=O)nc(N2CC3CCC(C2)N3)c2cc(F)c(-c3c(O)cccc3F)nc21. The van der Waals surface area contributed by atoms with Crippen LogP contribution < -0.4 is 15.9 Å². The van der Waals surface area contributed by atoms with E-state index in [1.54, 1.807) is 0 Å². The lowest BCUT2D eigenvalue weighted by Gasteiger charge is -2.34. The maximum absolute atomic E-state index is 15.6. The third-order valence-corrected chi connectivity index (χ3v) is 7.21. The van der Waals surface area contributed by atoms with Crippen molar-refractivity contribution in [3.63, 3.8) is 0 Å². The number of pyridine rings is 1. The molecule has 2 aliphatic heterocycles. The van der Waals surface area contributed by atoms with Crippen LogP contribution in [0.5, 0.6) is 5.75 Å². The van der Waals surface area contributed by atoms with E-state index >= 15 is 4.39 Å². The van der Waals surface area contributed by atoms with E-state index in [9.17, 15) is 14.3 Å². The Labute approximate surface area is 206 Å². The average molecular weight is 490 g/mol. The van der Waals surface area contributed by atoms with Gasteiger partial charge in [0.05, 0.1) is 16.6 Å². The van der Waals surface area contributed by atoms with Gasteiger partial charge in [-0.05, 0) is 56.0 Å². The second-order valence-electron chi connectivity index (χ2n) is 9.66. The number of nitrogens with zero attached hydrogens (tertiary/aromatic N) is 4. The molecule has 2 unspecified atom stereocenters. The summed E-state index contributed by atoms with van der Waals surface area (Å²) in [6, 6.07) is 11.2. The molecular formula is C27H25F2N5O2. The van der Waals surface area contributed by atoms with Crippen LogP contribution in [0.1, 0.15) is 24.0 Å². The number of rotatable bonds is 3. The number of benzene rings is 2. The van der Waals surface area contributed by atoms with Gasteiger partial charge in [0, 0.05) is 25.2 Å². The molecule has 0 aliphatic carbocycles. The fraction of sp³-hybridized carbons (Fsp3) is 0.296. The Balaban J connectivity index is 1.68. The van der Waals surface area contributed by atoms with Gasteiger partial charge < -0.3 is 15.3 Å². The minimum absolute atomic E-state index is 0.160. The number of hydrogen-bond donors (Lipinski definition) is 2. The second-order valence-corrected chi connectivity index (χ2v) is 9.66. The van der Waals surface area contributed by atoms with Gasteiger partial charge in [0.25, 0.3) is 0 Å². The fourth-order valence-electron chi connectivity index (χ4n) is 5.60. The van der Waals surface area contributed by atoms with Crippen LogP contribution in [0.4, 0.5) is 14.6 Å². The van der Waals surface area contributed by atoms with Crippen LogP contribution in [-0.4, -0.2) is 44.8 Å². The molecule has 0 amide bonds. The van der Waals surface area contributed by atoms with Crippen LogP contribution in [-0.2, 0) is 0 Å². The molecule has 2 aromatic heterocycles. The number of piperazine rings is 1. The molecule has 4 aromatic rings. The number of phenols is 1. The maximum atomic E-state index is 15.6. The lowest BCUT2D eigenvalue weighted by molar-refractivity contribution is 0.463. The van der Waals surface area contributed by atoms with Gasteiger partial charge in [-0.15, -0.1) is 0 Å². The molecule has 2 saturated heterocycles. The summed E-state index contributed by atoms with van der Waals surface area (Å²) in [5.41, 5.74) is 1.11. The minimum atomic E-state index is -0.810. The summed E-state index contributed by atoms with van der Waals surface area (Å²) in [5.74, 6) is -1.69. The van der Waals surface area contributed by atoms with Crippen LogP contribution in [0, 0.1) is 25.5 Å². The van der Waals surface area contributed by atoms with Crippen molar-refractivity contribution < 1.29 is 13.9 Å². The van der Waals surface area contributed by atoms with Crippen molar-refractivity contribution in [2.75, 3.05) is 18.0 Å². The number of aromatic nitrogens is 3. The first kappa shape index (κ1) is 22.6. The van der Waals surface area contributed by atoms with Crippen LogP contribution in [0.25, 0.3) is 28.0 Å². The number of phenolic OH excluding ortho intramolecular Hbond substituents is 1. The molecule has 2 bridgehead atoms. The summed E-state index contributed by atoms with van der Waals surface area (Å²) >= 11 is 0. The van der Waals surface area contributed by atoms with Gasteiger partial charge in [-0.2, -0.15) is 4.98 Å². The van der Waals surface area contributed by atoms with Crippen molar-refractivity contribution in [1.82, 2.24) is 19.9 Å². The average Bonchev–Trinajstić information content (AvgIpc) is 3.17. The zero-order valence-corrected chi connectivity index (χ0v) is 19.9. The van der Waals surface area contributed by atoms with E-state index in [1.165, 1.54) is 22.8 Å². The molecule has 6 rings (SSSR count). The predicted octanol–water partition coefficient (Wildman–Crippen LogP) is 3.99. The van der Waals surface area contributed by atoms with Gasteiger partial charge in [0.15, 0.2) is 11.5 Å². The second kappa shape index (κ2) is 8.37. The Kier molecular flexibility index (Phi) is 5.26. The smallest absolute Gasteiger partial charge is 0.355 e. The predicted molar refractivity (Wildman–Crippen MR) is 134 cm³/mol. The lowest BCUT2D eigenvalue weighted by Crippen LogP contribution is -2.52. The first-order valence-corrected chi connectivity index (χ1v) is 12.0. The minimum Gasteiger partial charge on any atom is -0.507 e. The maximum Gasteiger partial charge on any atom is 0.355 e. The molecular weight excluding hydrogens is 464 g/mol. The number of anilines is 1. The summed E-state index contributed by atoms with van der Waals surface area (Å²) in [5, 5.41) is 14.3. The Bertz CT molecular complexity index is 1530. The first-order valence-electron chi connectivity index (χ1n) is 12.0. The summed E-state index contributed by atoms with van der Waals surface area (Å²) < 4.78 is 31.7. The molecule has 7 nitrogen and oxygen atoms in total. The molecule has 0 radical (unpaired) electrons. The highest BCUT2D eigenvalue weighted by atomic mass is 19.1. The summed E-state index contributed by atoms with van der Waals surface area (Å²) in [7, 11) is 0. The molecule has 2 aromatic carbocycles. The first-order chi connectivity index (χ1) is 17.3. The van der Waals surface area contributed by atoms with E-state index in [4.69, 9.17) is 0 Å². The Morgan fingerprint density at radius 3 is 2.31 bits per heavy atom. The number of halogens is 2. The molecule has 36 heavy (non-hydrogen) atoms. The zero-order valence-electron chi connectivity index (χ0n) is 19.9. The highest BCUT2D eigenvalue weighted by Crippen LogP contribution is 2.36. The van der Waals surface area contributed by atoms with Gasteiger partial charge in [-0.3, -0.25) is 0 Å². The van der Waals surface area contributed by atoms with Gasteiger partial charge in [-0.25, -0.2) is 23.1 Å². The monoisotopic (exact) mass is 489 g/mol. The third-order valence-electron chi connectivity index (χ3n) is 7.21. The van der Waals surface area contributed by atoms with Crippen molar-refractivity contribution in [1.29, 1.82) is 0 Å². The van der Waals surface area contributed by atoms with E-state index in [0.29, 0.717) is 30.0 Å². The summed E-state index contributed by atoms with van der Waals surface area (Å²) in [6.07, 6.45) is 2.06. The largest absolute Gasteiger partial charge is 0.507 e. The van der Waals surface area contributed by atoms with Gasteiger partial charge in [0.2, 0.25) is 0 Å². The highest BCUT2D eigenvalue weighted by Gasteiger charge is 2.34. The van der Waals surface area contributed by atoms with Crippen molar-refractivity contribution in [3.05, 3.63) is 75.7 Å². The summed E-state index contributed by atoms with van der Waals surface area (Å²) in [4.78, 5) is 24.5. The van der Waals surface area contributed by atoms with Gasteiger partial charge in [-0.1, -0.05) is 24.3 Å². The van der Waals surface area contributed by atoms with E-state index in [0.717, 1.165) is 30.0 Å².